The van der Waals surface area contributed by atoms with Gasteiger partial charge in [0.25, 0.3) is 0 Å². The van der Waals surface area contributed by atoms with E-state index in [2.05, 4.69) is 21.2 Å². The molecule has 0 bridgehead atoms. The molecule has 0 fully saturated rings. The second-order valence-corrected chi connectivity index (χ2v) is 5.86. The van der Waals surface area contributed by atoms with Gasteiger partial charge in [0, 0.05) is 22.6 Å². The lowest BCUT2D eigenvalue weighted by Gasteiger charge is -2.17. The predicted molar refractivity (Wildman–Crippen MR) is 83.4 cm³/mol. The van der Waals surface area contributed by atoms with E-state index in [1.807, 2.05) is 26.0 Å². The zero-order valence-corrected chi connectivity index (χ0v) is 13.3. The second-order valence-electron chi connectivity index (χ2n) is 5.00. The zero-order valence-electron chi connectivity index (χ0n) is 11.8. The predicted octanol–water partition coefficient (Wildman–Crippen LogP) is 4.49. The first kappa shape index (κ1) is 15.9. The van der Waals surface area contributed by atoms with Crippen LogP contribution in [-0.4, -0.2) is 11.7 Å². The lowest BCUT2D eigenvalue weighted by atomic mass is 10.1. The Morgan fingerprint density at radius 3 is 2.52 bits per heavy atom. The minimum atomic E-state index is -1.06. The molecule has 21 heavy (non-hydrogen) atoms. The Labute approximate surface area is 130 Å². The van der Waals surface area contributed by atoms with Crippen LogP contribution in [0.5, 0.6) is 0 Å². The standard InChI is InChI=1S/C16H16BrF2NO/c1-9-5-10(2)16(13(17)6-9)20-8-15(21)12-4-3-11(18)7-14(12)19/h3-7,15,20-21H,8H2,1-2H3. The molecule has 1 unspecified atom stereocenters. The molecule has 0 amide bonds. The molecule has 0 aliphatic rings. The number of benzene rings is 2. The van der Waals surface area contributed by atoms with E-state index in [1.165, 1.54) is 6.07 Å². The van der Waals surface area contributed by atoms with Crippen molar-refractivity contribution in [2.24, 2.45) is 0 Å². The van der Waals surface area contributed by atoms with Crippen molar-refractivity contribution in [3.63, 3.8) is 0 Å². The molecule has 2 N–H and O–H groups in total. The molecule has 0 saturated heterocycles. The molecule has 0 spiro atoms. The van der Waals surface area contributed by atoms with E-state index in [0.717, 1.165) is 33.4 Å². The van der Waals surface area contributed by atoms with E-state index >= 15 is 0 Å². The van der Waals surface area contributed by atoms with Crippen molar-refractivity contribution in [1.82, 2.24) is 0 Å². The summed E-state index contributed by atoms with van der Waals surface area (Å²) in [5, 5.41) is 13.1. The summed E-state index contributed by atoms with van der Waals surface area (Å²) < 4.78 is 27.3. The van der Waals surface area contributed by atoms with Crippen molar-refractivity contribution in [3.8, 4) is 0 Å². The maximum absolute atomic E-state index is 13.6. The highest BCUT2D eigenvalue weighted by atomic mass is 79.9. The van der Waals surface area contributed by atoms with Crippen LogP contribution in [0, 0.1) is 25.5 Å². The Morgan fingerprint density at radius 2 is 1.90 bits per heavy atom. The summed E-state index contributed by atoms with van der Waals surface area (Å²) in [6.45, 7) is 4.07. The van der Waals surface area contributed by atoms with Gasteiger partial charge in [-0.15, -0.1) is 0 Å². The van der Waals surface area contributed by atoms with Crippen molar-refractivity contribution >= 4 is 21.6 Å². The third-order valence-electron chi connectivity index (χ3n) is 3.23. The smallest absolute Gasteiger partial charge is 0.131 e. The van der Waals surface area contributed by atoms with Gasteiger partial charge < -0.3 is 10.4 Å². The van der Waals surface area contributed by atoms with Crippen LogP contribution >= 0.6 is 15.9 Å². The van der Waals surface area contributed by atoms with Gasteiger partial charge in [-0.25, -0.2) is 8.78 Å². The Hall–Kier alpha value is -1.46. The fourth-order valence-electron chi connectivity index (χ4n) is 2.22. The number of aryl methyl sites for hydroxylation is 2. The first-order valence-electron chi connectivity index (χ1n) is 6.52. The number of rotatable bonds is 4. The van der Waals surface area contributed by atoms with Crippen LogP contribution in [0.2, 0.25) is 0 Å². The first-order chi connectivity index (χ1) is 9.88. The SMILES string of the molecule is Cc1cc(C)c(NCC(O)c2ccc(F)cc2F)c(Br)c1. The summed E-state index contributed by atoms with van der Waals surface area (Å²) in [6.07, 6.45) is -1.06. The van der Waals surface area contributed by atoms with Crippen molar-refractivity contribution in [3.05, 3.63) is 63.1 Å². The molecule has 1 atom stereocenters. The molecule has 2 aromatic rings. The highest BCUT2D eigenvalue weighted by molar-refractivity contribution is 9.10. The monoisotopic (exact) mass is 355 g/mol. The average Bonchev–Trinajstić information content (AvgIpc) is 2.36. The van der Waals surface area contributed by atoms with E-state index in [1.54, 1.807) is 0 Å². The Bertz CT molecular complexity index is 638. The third-order valence-corrected chi connectivity index (χ3v) is 3.85. The Balaban J connectivity index is 2.13. The molecule has 2 nitrogen and oxygen atoms in total. The number of hydrogen-bond acceptors (Lipinski definition) is 2. The van der Waals surface area contributed by atoms with Gasteiger partial charge in [-0.3, -0.25) is 0 Å². The largest absolute Gasteiger partial charge is 0.386 e. The number of halogens is 3. The van der Waals surface area contributed by atoms with Gasteiger partial charge in [-0.05, 0) is 53.0 Å². The second kappa shape index (κ2) is 6.54. The summed E-state index contributed by atoms with van der Waals surface area (Å²) in [6, 6.07) is 7.13. The fourth-order valence-corrected chi connectivity index (χ4v) is 3.03. The fraction of sp³-hybridized carbons (Fsp3) is 0.250. The summed E-state index contributed by atoms with van der Waals surface area (Å²) >= 11 is 3.46. The maximum atomic E-state index is 13.6. The number of anilines is 1. The van der Waals surface area contributed by atoms with Gasteiger partial charge >= 0.3 is 0 Å². The molecule has 2 rings (SSSR count). The molecule has 2 aromatic carbocycles. The van der Waals surface area contributed by atoms with Crippen molar-refractivity contribution in [2.45, 2.75) is 20.0 Å². The van der Waals surface area contributed by atoms with Gasteiger partial charge in [0.1, 0.15) is 11.6 Å². The minimum Gasteiger partial charge on any atom is -0.386 e. The van der Waals surface area contributed by atoms with Crippen LogP contribution < -0.4 is 5.32 Å². The molecule has 0 aliphatic heterocycles. The van der Waals surface area contributed by atoms with E-state index in [9.17, 15) is 13.9 Å². The highest BCUT2D eigenvalue weighted by Gasteiger charge is 2.14. The van der Waals surface area contributed by atoms with Crippen molar-refractivity contribution < 1.29 is 13.9 Å². The molecule has 112 valence electrons. The lowest BCUT2D eigenvalue weighted by Crippen LogP contribution is -2.14. The summed E-state index contributed by atoms with van der Waals surface area (Å²) in [7, 11) is 0. The average molecular weight is 356 g/mol. The molecule has 5 heteroatoms. The van der Waals surface area contributed by atoms with Gasteiger partial charge in [0.2, 0.25) is 0 Å². The van der Waals surface area contributed by atoms with E-state index < -0.39 is 17.7 Å². The molecule has 0 heterocycles. The van der Waals surface area contributed by atoms with E-state index in [-0.39, 0.29) is 12.1 Å². The van der Waals surface area contributed by atoms with E-state index in [0.29, 0.717) is 0 Å². The third kappa shape index (κ3) is 3.80. The number of aliphatic hydroxyl groups is 1. The minimum absolute atomic E-state index is 0.0739. The molecule has 0 saturated carbocycles. The summed E-state index contributed by atoms with van der Waals surface area (Å²) in [4.78, 5) is 0. The van der Waals surface area contributed by atoms with Crippen LogP contribution in [0.15, 0.2) is 34.8 Å². The van der Waals surface area contributed by atoms with Crippen molar-refractivity contribution in [1.29, 1.82) is 0 Å². The van der Waals surface area contributed by atoms with Crippen LogP contribution in [0.25, 0.3) is 0 Å². The molecular weight excluding hydrogens is 340 g/mol. The lowest BCUT2D eigenvalue weighted by molar-refractivity contribution is 0.186. The molecular formula is C16H16BrF2NO. The van der Waals surface area contributed by atoms with Gasteiger partial charge in [-0.1, -0.05) is 12.1 Å². The van der Waals surface area contributed by atoms with Gasteiger partial charge in [-0.2, -0.15) is 0 Å². The summed E-state index contributed by atoms with van der Waals surface area (Å²) in [5.41, 5.74) is 3.07. The van der Waals surface area contributed by atoms with Crippen LogP contribution in [0.4, 0.5) is 14.5 Å². The highest BCUT2D eigenvalue weighted by Crippen LogP contribution is 2.28. The van der Waals surface area contributed by atoms with Crippen LogP contribution in [-0.2, 0) is 0 Å². The number of hydrogen-bond donors (Lipinski definition) is 2. The van der Waals surface area contributed by atoms with Gasteiger partial charge in [0.15, 0.2) is 0 Å². The van der Waals surface area contributed by atoms with Crippen molar-refractivity contribution in [2.75, 3.05) is 11.9 Å². The Morgan fingerprint density at radius 1 is 1.19 bits per heavy atom. The Kier molecular flexibility index (Phi) is 4.96. The topological polar surface area (TPSA) is 32.3 Å². The quantitative estimate of drug-likeness (QED) is 0.846. The number of nitrogens with one attached hydrogen (secondary N) is 1. The normalized spacial score (nSPS) is 12.3. The van der Waals surface area contributed by atoms with Gasteiger partial charge in [0.05, 0.1) is 11.8 Å². The summed E-state index contributed by atoms with van der Waals surface area (Å²) in [5.74, 6) is -1.41. The van der Waals surface area contributed by atoms with Crippen LogP contribution in [0.3, 0.4) is 0 Å². The van der Waals surface area contributed by atoms with E-state index in [4.69, 9.17) is 0 Å². The first-order valence-corrected chi connectivity index (χ1v) is 7.31. The molecule has 0 aromatic heterocycles. The van der Waals surface area contributed by atoms with Crippen LogP contribution in [0.1, 0.15) is 22.8 Å². The zero-order chi connectivity index (χ0) is 15.6. The molecule has 0 radical (unpaired) electrons. The molecule has 0 aliphatic carbocycles. The number of aliphatic hydroxyl groups excluding tert-OH is 1. The maximum Gasteiger partial charge on any atom is 0.131 e.